The Bertz CT molecular complexity index is 575. The second-order valence-electron chi connectivity index (χ2n) is 5.77. The molecule has 0 fully saturated rings. The van der Waals surface area contributed by atoms with Crippen LogP contribution in [0.3, 0.4) is 0 Å². The molecule has 0 saturated carbocycles. The molecule has 4 nitrogen and oxygen atoms in total. The molecule has 21 heavy (non-hydrogen) atoms. The summed E-state index contributed by atoms with van der Waals surface area (Å²) in [6.45, 7) is 7.75. The van der Waals surface area contributed by atoms with Crippen LogP contribution in [0.1, 0.15) is 30.3 Å². The molecule has 1 aromatic carbocycles. The van der Waals surface area contributed by atoms with Crippen molar-refractivity contribution in [3.05, 3.63) is 47.3 Å². The molecule has 1 N–H and O–H groups in total. The monoisotopic (exact) mass is 287 g/mol. The van der Waals surface area contributed by atoms with Gasteiger partial charge in [0.25, 0.3) is 0 Å². The van der Waals surface area contributed by atoms with Crippen LogP contribution in [0.15, 0.2) is 30.3 Å². The van der Waals surface area contributed by atoms with Gasteiger partial charge < -0.3 is 10.0 Å². The number of hydrogen-bond donors (Lipinski definition) is 1. The van der Waals surface area contributed by atoms with Gasteiger partial charge in [-0.15, -0.1) is 0 Å². The minimum absolute atomic E-state index is 0.248. The van der Waals surface area contributed by atoms with Gasteiger partial charge in [0, 0.05) is 24.3 Å². The molecule has 0 radical (unpaired) electrons. The average Bonchev–Trinajstić information content (AvgIpc) is 2.74. The predicted octanol–water partition coefficient (Wildman–Crippen LogP) is 2.69. The Labute approximate surface area is 127 Å². The lowest BCUT2D eigenvalue weighted by Crippen LogP contribution is -2.22. The van der Waals surface area contributed by atoms with Crippen LogP contribution in [0.5, 0.6) is 0 Å². The summed E-state index contributed by atoms with van der Waals surface area (Å²) in [5, 5.41) is 14.1. The van der Waals surface area contributed by atoms with E-state index in [0.29, 0.717) is 0 Å². The number of aliphatic hydroxyl groups excluding tert-OH is 1. The number of nitrogens with zero attached hydrogens (tertiary/aromatic N) is 3. The Kier molecular flexibility index (Phi) is 5.15. The molecule has 114 valence electrons. The van der Waals surface area contributed by atoms with Crippen molar-refractivity contribution >= 4 is 0 Å². The summed E-state index contributed by atoms with van der Waals surface area (Å²) in [7, 11) is 2.08. The first kappa shape index (κ1) is 15.7. The summed E-state index contributed by atoms with van der Waals surface area (Å²) in [5.74, 6) is 0. The largest absolute Gasteiger partial charge is 0.393 e. The zero-order valence-electron chi connectivity index (χ0n) is 13.4. The molecule has 4 heteroatoms. The van der Waals surface area contributed by atoms with E-state index in [4.69, 9.17) is 0 Å². The first-order chi connectivity index (χ1) is 9.99. The second kappa shape index (κ2) is 6.87. The minimum Gasteiger partial charge on any atom is -0.393 e. The molecule has 0 amide bonds. The fraction of sp³-hybridized carbons (Fsp3) is 0.471. The fourth-order valence-electron chi connectivity index (χ4n) is 2.48. The summed E-state index contributed by atoms with van der Waals surface area (Å²) < 4.78 is 2.01. The van der Waals surface area contributed by atoms with Gasteiger partial charge in [0.15, 0.2) is 0 Å². The molecular formula is C17H25N3O. The van der Waals surface area contributed by atoms with E-state index in [1.807, 2.05) is 29.8 Å². The number of para-hydroxylation sites is 1. The van der Waals surface area contributed by atoms with Crippen molar-refractivity contribution in [2.75, 3.05) is 13.6 Å². The van der Waals surface area contributed by atoms with Gasteiger partial charge in [-0.3, -0.25) is 0 Å². The normalized spacial score (nSPS) is 12.9. The number of aliphatic hydroxyl groups is 1. The highest BCUT2D eigenvalue weighted by molar-refractivity contribution is 5.36. The smallest absolute Gasteiger partial charge is 0.0648 e. The average molecular weight is 287 g/mol. The van der Waals surface area contributed by atoms with Gasteiger partial charge in [0.05, 0.1) is 17.5 Å². The maximum absolute atomic E-state index is 9.39. The van der Waals surface area contributed by atoms with Crippen molar-refractivity contribution in [2.24, 2.45) is 0 Å². The first-order valence-corrected chi connectivity index (χ1v) is 7.46. The first-order valence-electron chi connectivity index (χ1n) is 7.46. The third kappa shape index (κ3) is 3.93. The van der Waals surface area contributed by atoms with Gasteiger partial charge in [-0.25, -0.2) is 4.68 Å². The lowest BCUT2D eigenvalue weighted by Gasteiger charge is -2.17. The van der Waals surface area contributed by atoms with Gasteiger partial charge in [0.2, 0.25) is 0 Å². The maximum Gasteiger partial charge on any atom is 0.0648 e. The molecule has 1 unspecified atom stereocenters. The molecule has 0 aliphatic rings. The third-order valence-corrected chi connectivity index (χ3v) is 3.80. The third-order valence-electron chi connectivity index (χ3n) is 3.80. The van der Waals surface area contributed by atoms with E-state index in [0.717, 1.165) is 30.9 Å². The standard InChI is InChI=1S/C17H25N3O/c1-13(21)10-11-19(4)12-17-14(2)18-20(15(17)3)16-8-6-5-7-9-16/h5-9,13,21H,10-12H2,1-4H3. The van der Waals surface area contributed by atoms with E-state index in [9.17, 15) is 5.11 Å². The predicted molar refractivity (Wildman–Crippen MR) is 85.7 cm³/mol. The second-order valence-corrected chi connectivity index (χ2v) is 5.77. The van der Waals surface area contributed by atoms with Crippen LogP contribution in [0.25, 0.3) is 5.69 Å². The SMILES string of the molecule is Cc1nn(-c2ccccc2)c(C)c1CN(C)CCC(C)O. The van der Waals surface area contributed by atoms with Gasteiger partial charge in [-0.05, 0) is 46.4 Å². The van der Waals surface area contributed by atoms with Gasteiger partial charge >= 0.3 is 0 Å². The molecule has 0 aliphatic carbocycles. The topological polar surface area (TPSA) is 41.3 Å². The van der Waals surface area contributed by atoms with Gasteiger partial charge in [-0.1, -0.05) is 18.2 Å². The number of hydrogen-bond acceptors (Lipinski definition) is 3. The summed E-state index contributed by atoms with van der Waals surface area (Å²) >= 11 is 0. The van der Waals surface area contributed by atoms with Gasteiger partial charge in [0.1, 0.15) is 0 Å². The maximum atomic E-state index is 9.39. The molecule has 2 rings (SSSR count). The van der Waals surface area contributed by atoms with Crippen molar-refractivity contribution in [2.45, 2.75) is 39.8 Å². The van der Waals surface area contributed by atoms with Crippen LogP contribution in [0.2, 0.25) is 0 Å². The van der Waals surface area contributed by atoms with E-state index < -0.39 is 0 Å². The molecule has 0 saturated heterocycles. The highest BCUT2D eigenvalue weighted by atomic mass is 16.3. The van der Waals surface area contributed by atoms with Crippen LogP contribution >= 0.6 is 0 Å². The van der Waals surface area contributed by atoms with Crippen LogP contribution < -0.4 is 0 Å². The minimum atomic E-state index is -0.248. The molecule has 1 aromatic heterocycles. The van der Waals surface area contributed by atoms with Crippen molar-refractivity contribution < 1.29 is 5.11 Å². The zero-order chi connectivity index (χ0) is 15.4. The Morgan fingerprint density at radius 3 is 2.52 bits per heavy atom. The number of aromatic nitrogens is 2. The highest BCUT2D eigenvalue weighted by Gasteiger charge is 2.14. The van der Waals surface area contributed by atoms with E-state index >= 15 is 0 Å². The lowest BCUT2D eigenvalue weighted by atomic mass is 10.1. The Hall–Kier alpha value is -1.65. The molecule has 0 bridgehead atoms. The Balaban J connectivity index is 2.16. The number of rotatable bonds is 6. The van der Waals surface area contributed by atoms with Crippen LogP contribution in [-0.2, 0) is 6.54 Å². The molecular weight excluding hydrogens is 262 g/mol. The quantitative estimate of drug-likeness (QED) is 0.888. The Morgan fingerprint density at radius 2 is 1.90 bits per heavy atom. The Morgan fingerprint density at radius 1 is 1.24 bits per heavy atom. The van der Waals surface area contributed by atoms with E-state index in [-0.39, 0.29) is 6.10 Å². The molecule has 0 spiro atoms. The molecule has 1 heterocycles. The molecule has 2 aromatic rings. The van der Waals surface area contributed by atoms with E-state index in [1.165, 1.54) is 11.3 Å². The van der Waals surface area contributed by atoms with Crippen molar-refractivity contribution in [1.82, 2.24) is 14.7 Å². The van der Waals surface area contributed by atoms with Crippen molar-refractivity contribution in [3.8, 4) is 5.69 Å². The fourth-order valence-corrected chi connectivity index (χ4v) is 2.48. The summed E-state index contributed by atoms with van der Waals surface area (Å²) in [5.41, 5.74) is 4.62. The molecule has 1 atom stereocenters. The van der Waals surface area contributed by atoms with Crippen molar-refractivity contribution in [3.63, 3.8) is 0 Å². The van der Waals surface area contributed by atoms with Crippen LogP contribution in [0, 0.1) is 13.8 Å². The summed E-state index contributed by atoms with van der Waals surface area (Å²) in [6, 6.07) is 10.2. The zero-order valence-corrected chi connectivity index (χ0v) is 13.4. The van der Waals surface area contributed by atoms with Crippen LogP contribution in [0.4, 0.5) is 0 Å². The van der Waals surface area contributed by atoms with E-state index in [1.54, 1.807) is 0 Å². The van der Waals surface area contributed by atoms with Gasteiger partial charge in [-0.2, -0.15) is 5.10 Å². The van der Waals surface area contributed by atoms with E-state index in [2.05, 4.69) is 43.0 Å². The lowest BCUT2D eigenvalue weighted by molar-refractivity contribution is 0.163. The summed E-state index contributed by atoms with van der Waals surface area (Å²) in [6.07, 6.45) is 0.545. The number of aryl methyl sites for hydroxylation is 1. The number of benzene rings is 1. The van der Waals surface area contributed by atoms with Crippen molar-refractivity contribution in [1.29, 1.82) is 0 Å². The highest BCUT2D eigenvalue weighted by Crippen LogP contribution is 2.19. The summed E-state index contributed by atoms with van der Waals surface area (Å²) in [4.78, 5) is 2.24. The van der Waals surface area contributed by atoms with Crippen LogP contribution in [-0.4, -0.2) is 39.5 Å². The molecule has 0 aliphatic heterocycles.